The van der Waals surface area contributed by atoms with Crippen LogP contribution in [-0.2, 0) is 16.1 Å². The lowest BCUT2D eigenvalue weighted by molar-refractivity contribution is -0.124. The molecule has 1 unspecified atom stereocenters. The maximum Gasteiger partial charge on any atom is 0.224 e. The minimum absolute atomic E-state index is 0.108. The van der Waals surface area contributed by atoms with Crippen molar-refractivity contribution in [2.45, 2.75) is 13.0 Å². The van der Waals surface area contributed by atoms with Crippen molar-refractivity contribution < 1.29 is 14.3 Å². The predicted molar refractivity (Wildman–Crippen MR) is 76.6 cm³/mol. The molecule has 1 heterocycles. The van der Waals surface area contributed by atoms with Crippen molar-refractivity contribution in [2.24, 2.45) is 5.92 Å². The van der Waals surface area contributed by atoms with E-state index < -0.39 is 0 Å². The van der Waals surface area contributed by atoms with Gasteiger partial charge < -0.3 is 20.1 Å². The molecule has 0 saturated carbocycles. The van der Waals surface area contributed by atoms with Gasteiger partial charge in [-0.2, -0.15) is 0 Å². The Morgan fingerprint density at radius 1 is 1.45 bits per heavy atom. The summed E-state index contributed by atoms with van der Waals surface area (Å²) in [6.45, 7) is 3.35. The number of hydrogen-bond acceptors (Lipinski definition) is 4. The van der Waals surface area contributed by atoms with Gasteiger partial charge in [-0.05, 0) is 30.7 Å². The van der Waals surface area contributed by atoms with Crippen LogP contribution in [0.15, 0.2) is 24.3 Å². The molecule has 5 heteroatoms. The molecule has 1 aliphatic heterocycles. The summed E-state index contributed by atoms with van der Waals surface area (Å²) in [6.07, 6.45) is 0.923. The lowest BCUT2D eigenvalue weighted by atomic mass is 10.1. The van der Waals surface area contributed by atoms with Crippen LogP contribution in [0.1, 0.15) is 12.0 Å². The van der Waals surface area contributed by atoms with Gasteiger partial charge in [0, 0.05) is 20.2 Å². The Balaban J connectivity index is 1.79. The fourth-order valence-electron chi connectivity index (χ4n) is 2.20. The molecular weight excluding hydrogens is 256 g/mol. The highest BCUT2D eigenvalue weighted by atomic mass is 16.5. The van der Waals surface area contributed by atoms with Crippen LogP contribution in [0.2, 0.25) is 0 Å². The van der Waals surface area contributed by atoms with E-state index in [2.05, 4.69) is 10.6 Å². The van der Waals surface area contributed by atoms with Gasteiger partial charge in [0.05, 0.1) is 12.5 Å². The first-order valence-corrected chi connectivity index (χ1v) is 6.98. The van der Waals surface area contributed by atoms with Gasteiger partial charge in [-0.15, -0.1) is 0 Å². The van der Waals surface area contributed by atoms with E-state index in [-0.39, 0.29) is 11.8 Å². The minimum Gasteiger partial charge on any atom is -0.491 e. The molecule has 5 nitrogen and oxygen atoms in total. The lowest BCUT2D eigenvalue weighted by Gasteiger charge is -2.11. The summed E-state index contributed by atoms with van der Waals surface area (Å²) in [5, 5.41) is 6.17. The van der Waals surface area contributed by atoms with Gasteiger partial charge in [0.15, 0.2) is 0 Å². The normalized spacial score (nSPS) is 17.9. The molecule has 2 rings (SSSR count). The van der Waals surface area contributed by atoms with Crippen molar-refractivity contribution in [1.82, 2.24) is 10.6 Å². The molecule has 0 aromatic heterocycles. The van der Waals surface area contributed by atoms with E-state index in [4.69, 9.17) is 9.47 Å². The zero-order valence-electron chi connectivity index (χ0n) is 11.9. The average Bonchev–Trinajstić information content (AvgIpc) is 3.00. The van der Waals surface area contributed by atoms with Gasteiger partial charge >= 0.3 is 0 Å². The van der Waals surface area contributed by atoms with E-state index in [0.717, 1.165) is 30.8 Å². The van der Waals surface area contributed by atoms with Crippen molar-refractivity contribution in [3.8, 4) is 5.75 Å². The number of hydrogen-bond donors (Lipinski definition) is 2. The number of carbonyl (C=O) groups excluding carboxylic acids is 1. The van der Waals surface area contributed by atoms with E-state index in [1.807, 2.05) is 24.3 Å². The van der Waals surface area contributed by atoms with Crippen molar-refractivity contribution in [3.05, 3.63) is 29.8 Å². The Morgan fingerprint density at radius 3 is 3.10 bits per heavy atom. The molecule has 1 aromatic carbocycles. The molecule has 0 spiro atoms. The van der Waals surface area contributed by atoms with Crippen LogP contribution in [0, 0.1) is 5.92 Å². The third-order valence-corrected chi connectivity index (χ3v) is 3.35. The molecular formula is C15H22N2O3. The van der Waals surface area contributed by atoms with Crippen LogP contribution in [0.5, 0.6) is 5.75 Å². The number of ether oxygens (including phenoxy) is 2. The predicted octanol–water partition coefficient (Wildman–Crippen LogP) is 0.938. The van der Waals surface area contributed by atoms with Gasteiger partial charge in [0.1, 0.15) is 12.4 Å². The summed E-state index contributed by atoms with van der Waals surface area (Å²) in [7, 11) is 1.65. The molecule has 0 aliphatic carbocycles. The van der Waals surface area contributed by atoms with Crippen LogP contribution < -0.4 is 15.4 Å². The second-order valence-electron chi connectivity index (χ2n) is 4.90. The molecule has 1 fully saturated rings. The van der Waals surface area contributed by atoms with Crippen LogP contribution in [-0.4, -0.2) is 39.3 Å². The van der Waals surface area contributed by atoms with Crippen molar-refractivity contribution in [1.29, 1.82) is 0 Å². The zero-order chi connectivity index (χ0) is 14.2. The van der Waals surface area contributed by atoms with Crippen molar-refractivity contribution in [2.75, 3.05) is 33.4 Å². The van der Waals surface area contributed by atoms with E-state index in [1.165, 1.54) is 0 Å². The zero-order valence-corrected chi connectivity index (χ0v) is 11.9. The van der Waals surface area contributed by atoms with E-state index in [1.54, 1.807) is 7.11 Å². The number of carbonyl (C=O) groups is 1. The van der Waals surface area contributed by atoms with Gasteiger partial charge in [-0.3, -0.25) is 4.79 Å². The van der Waals surface area contributed by atoms with Crippen molar-refractivity contribution >= 4 is 5.91 Å². The Labute approximate surface area is 119 Å². The van der Waals surface area contributed by atoms with Gasteiger partial charge in [-0.1, -0.05) is 12.1 Å². The van der Waals surface area contributed by atoms with Crippen LogP contribution in [0.25, 0.3) is 0 Å². The molecule has 20 heavy (non-hydrogen) atoms. The highest BCUT2D eigenvalue weighted by molar-refractivity contribution is 5.79. The smallest absolute Gasteiger partial charge is 0.224 e. The Morgan fingerprint density at radius 2 is 2.35 bits per heavy atom. The van der Waals surface area contributed by atoms with E-state index in [9.17, 15) is 4.79 Å². The summed E-state index contributed by atoms with van der Waals surface area (Å²) in [5.41, 5.74) is 1.04. The maximum atomic E-state index is 11.9. The Hall–Kier alpha value is -1.59. The molecule has 1 saturated heterocycles. The number of amides is 1. The highest BCUT2D eigenvalue weighted by Crippen LogP contribution is 2.14. The van der Waals surface area contributed by atoms with E-state index >= 15 is 0 Å². The maximum absolute atomic E-state index is 11.9. The largest absolute Gasteiger partial charge is 0.491 e. The lowest BCUT2D eigenvalue weighted by Crippen LogP contribution is -2.31. The summed E-state index contributed by atoms with van der Waals surface area (Å²) >= 11 is 0. The third-order valence-electron chi connectivity index (χ3n) is 3.35. The molecule has 110 valence electrons. The minimum atomic E-state index is 0.108. The molecule has 1 amide bonds. The molecule has 1 atom stereocenters. The first kappa shape index (κ1) is 14.8. The fourth-order valence-corrected chi connectivity index (χ4v) is 2.20. The quantitative estimate of drug-likeness (QED) is 0.729. The van der Waals surface area contributed by atoms with E-state index in [0.29, 0.717) is 19.8 Å². The summed E-state index contributed by atoms with van der Waals surface area (Å²) in [5.74, 6) is 1.04. The summed E-state index contributed by atoms with van der Waals surface area (Å²) in [4.78, 5) is 11.9. The second-order valence-corrected chi connectivity index (χ2v) is 4.90. The Bertz CT molecular complexity index is 431. The number of rotatable bonds is 7. The monoisotopic (exact) mass is 278 g/mol. The molecule has 1 aromatic rings. The van der Waals surface area contributed by atoms with Crippen molar-refractivity contribution in [3.63, 3.8) is 0 Å². The fraction of sp³-hybridized carbons (Fsp3) is 0.533. The van der Waals surface area contributed by atoms with Gasteiger partial charge in [0.25, 0.3) is 0 Å². The summed E-state index contributed by atoms with van der Waals surface area (Å²) in [6, 6.07) is 7.77. The Kier molecular flexibility index (Phi) is 5.83. The molecule has 2 N–H and O–H groups in total. The highest BCUT2D eigenvalue weighted by Gasteiger charge is 2.21. The first-order valence-electron chi connectivity index (χ1n) is 6.98. The second kappa shape index (κ2) is 7.87. The van der Waals surface area contributed by atoms with Gasteiger partial charge in [-0.25, -0.2) is 0 Å². The standard InChI is InChI=1S/C15H22N2O3/c1-19-7-8-20-14-4-2-3-12(9-14)10-17-15(18)13-5-6-16-11-13/h2-4,9,13,16H,5-8,10-11H2,1H3,(H,17,18). The third kappa shape index (κ3) is 4.51. The summed E-state index contributed by atoms with van der Waals surface area (Å²) < 4.78 is 10.5. The number of nitrogens with one attached hydrogen (secondary N) is 2. The first-order chi connectivity index (χ1) is 9.79. The van der Waals surface area contributed by atoms with Crippen LogP contribution >= 0.6 is 0 Å². The number of methoxy groups -OCH3 is 1. The molecule has 0 radical (unpaired) electrons. The molecule has 1 aliphatic rings. The average molecular weight is 278 g/mol. The SMILES string of the molecule is COCCOc1cccc(CNC(=O)C2CCNC2)c1. The topological polar surface area (TPSA) is 59.6 Å². The van der Waals surface area contributed by atoms with Crippen LogP contribution in [0.3, 0.4) is 0 Å². The molecule has 0 bridgehead atoms. The number of benzene rings is 1. The van der Waals surface area contributed by atoms with Gasteiger partial charge in [0.2, 0.25) is 5.91 Å². The van der Waals surface area contributed by atoms with Crippen LogP contribution in [0.4, 0.5) is 0 Å².